The third-order valence-corrected chi connectivity index (χ3v) is 2.47. The summed E-state index contributed by atoms with van der Waals surface area (Å²) in [5, 5.41) is 0. The predicted molar refractivity (Wildman–Crippen MR) is 56.6 cm³/mol. The maximum atomic E-state index is 13.4. The van der Waals surface area contributed by atoms with E-state index in [9.17, 15) is 13.6 Å². The Kier molecular flexibility index (Phi) is 3.95. The van der Waals surface area contributed by atoms with Crippen LogP contribution in [0.15, 0.2) is 18.2 Å². The molecular weight excluding hydrogens is 214 g/mol. The van der Waals surface area contributed by atoms with Crippen LogP contribution in [0, 0.1) is 11.6 Å². The summed E-state index contributed by atoms with van der Waals surface area (Å²) in [6.45, 7) is 1.68. The molecule has 0 aliphatic heterocycles. The highest BCUT2D eigenvalue weighted by atomic mass is 19.1. The van der Waals surface area contributed by atoms with Crippen LogP contribution in [0.2, 0.25) is 0 Å². The highest BCUT2D eigenvalue weighted by molar-refractivity contribution is 5.75. The molecule has 0 aromatic heterocycles. The third kappa shape index (κ3) is 3.00. The van der Waals surface area contributed by atoms with Crippen molar-refractivity contribution < 1.29 is 13.6 Å². The van der Waals surface area contributed by atoms with Gasteiger partial charge in [0.2, 0.25) is 5.91 Å². The first-order valence-electron chi connectivity index (χ1n) is 4.85. The maximum absolute atomic E-state index is 13.4. The predicted octanol–water partition coefficient (Wildman–Crippen LogP) is 1.44. The van der Waals surface area contributed by atoms with Crippen molar-refractivity contribution in [1.82, 2.24) is 4.90 Å². The molecule has 0 saturated carbocycles. The number of benzene rings is 1. The minimum atomic E-state index is -0.508. The molecular formula is C11H14F2N2O. The summed E-state index contributed by atoms with van der Waals surface area (Å²) < 4.78 is 26.4. The van der Waals surface area contributed by atoms with Crippen molar-refractivity contribution in [2.24, 2.45) is 5.73 Å². The van der Waals surface area contributed by atoms with Gasteiger partial charge in [-0.15, -0.1) is 0 Å². The summed E-state index contributed by atoms with van der Waals surface area (Å²) in [4.78, 5) is 12.3. The van der Waals surface area contributed by atoms with Gasteiger partial charge in [0.15, 0.2) is 0 Å². The van der Waals surface area contributed by atoms with Gasteiger partial charge >= 0.3 is 0 Å². The SMILES string of the molecule is CC(c1cc(F)ccc1F)N(C)CC(N)=O. The van der Waals surface area contributed by atoms with E-state index in [-0.39, 0.29) is 12.1 Å². The minimum Gasteiger partial charge on any atom is -0.369 e. The van der Waals surface area contributed by atoms with Crippen LogP contribution < -0.4 is 5.73 Å². The number of primary amides is 1. The fourth-order valence-corrected chi connectivity index (χ4v) is 1.45. The number of carbonyl (C=O) groups excluding carboxylic acids is 1. The highest BCUT2D eigenvalue weighted by Gasteiger charge is 2.17. The van der Waals surface area contributed by atoms with Crippen LogP contribution in [-0.4, -0.2) is 24.4 Å². The summed E-state index contributed by atoms with van der Waals surface area (Å²) in [6, 6.07) is 2.83. The Bertz CT molecular complexity index is 396. The molecule has 0 radical (unpaired) electrons. The number of amides is 1. The molecule has 3 nitrogen and oxygen atoms in total. The Balaban J connectivity index is 2.90. The summed E-state index contributed by atoms with van der Waals surface area (Å²) in [5.41, 5.74) is 5.24. The zero-order chi connectivity index (χ0) is 12.3. The van der Waals surface area contributed by atoms with Gasteiger partial charge in [0, 0.05) is 11.6 Å². The standard InChI is InChI=1S/C11H14F2N2O/c1-7(15(2)6-11(14)16)9-5-8(12)3-4-10(9)13/h3-5,7H,6H2,1-2H3,(H2,14,16). The second kappa shape index (κ2) is 5.03. The Labute approximate surface area is 92.8 Å². The lowest BCUT2D eigenvalue weighted by molar-refractivity contribution is -0.119. The van der Waals surface area contributed by atoms with Gasteiger partial charge in [0.25, 0.3) is 0 Å². The second-order valence-electron chi connectivity index (χ2n) is 3.72. The van der Waals surface area contributed by atoms with E-state index in [2.05, 4.69) is 0 Å². The van der Waals surface area contributed by atoms with Gasteiger partial charge in [0.05, 0.1) is 6.54 Å². The van der Waals surface area contributed by atoms with Crippen LogP contribution in [-0.2, 0) is 4.79 Å². The molecule has 1 atom stereocenters. The first-order chi connectivity index (χ1) is 7.41. The molecule has 0 saturated heterocycles. The van der Waals surface area contributed by atoms with Crippen LogP contribution in [0.3, 0.4) is 0 Å². The molecule has 0 heterocycles. The van der Waals surface area contributed by atoms with Crippen LogP contribution in [0.1, 0.15) is 18.5 Å². The van der Waals surface area contributed by atoms with E-state index < -0.39 is 23.6 Å². The molecule has 1 unspecified atom stereocenters. The van der Waals surface area contributed by atoms with Gasteiger partial charge in [0.1, 0.15) is 11.6 Å². The van der Waals surface area contributed by atoms with E-state index in [1.54, 1.807) is 18.9 Å². The van der Waals surface area contributed by atoms with Gasteiger partial charge < -0.3 is 5.73 Å². The first kappa shape index (κ1) is 12.6. The largest absolute Gasteiger partial charge is 0.369 e. The monoisotopic (exact) mass is 228 g/mol. The van der Waals surface area contributed by atoms with Crippen molar-refractivity contribution in [2.75, 3.05) is 13.6 Å². The molecule has 0 aliphatic carbocycles. The third-order valence-electron chi connectivity index (χ3n) is 2.47. The summed E-state index contributed by atoms with van der Waals surface area (Å²) >= 11 is 0. The van der Waals surface area contributed by atoms with Crippen LogP contribution in [0.25, 0.3) is 0 Å². The normalized spacial score (nSPS) is 12.8. The van der Waals surface area contributed by atoms with E-state index in [4.69, 9.17) is 5.73 Å². The van der Waals surface area contributed by atoms with Crippen molar-refractivity contribution in [3.05, 3.63) is 35.4 Å². The molecule has 1 rings (SSSR count). The second-order valence-corrected chi connectivity index (χ2v) is 3.72. The number of carbonyl (C=O) groups is 1. The lowest BCUT2D eigenvalue weighted by atomic mass is 10.1. The number of hydrogen-bond donors (Lipinski definition) is 1. The Morgan fingerprint density at radius 2 is 2.12 bits per heavy atom. The summed E-state index contributed by atoms with van der Waals surface area (Å²) in [5.74, 6) is -1.51. The molecule has 88 valence electrons. The number of nitrogens with zero attached hydrogens (tertiary/aromatic N) is 1. The molecule has 0 aliphatic rings. The van der Waals surface area contributed by atoms with Gasteiger partial charge in [-0.3, -0.25) is 9.69 Å². The maximum Gasteiger partial charge on any atom is 0.231 e. The Hall–Kier alpha value is -1.49. The van der Waals surface area contributed by atoms with Crippen molar-refractivity contribution >= 4 is 5.91 Å². The topological polar surface area (TPSA) is 46.3 Å². The molecule has 1 aromatic carbocycles. The molecule has 0 spiro atoms. The van der Waals surface area contributed by atoms with E-state index in [0.717, 1.165) is 18.2 Å². The number of likely N-dealkylation sites (N-methyl/N-ethyl adjacent to an activating group) is 1. The summed E-state index contributed by atoms with van der Waals surface area (Å²) in [7, 11) is 1.62. The minimum absolute atomic E-state index is 0.00286. The molecule has 0 bridgehead atoms. The fraction of sp³-hybridized carbons (Fsp3) is 0.364. The number of halogens is 2. The van der Waals surface area contributed by atoms with Gasteiger partial charge in [-0.05, 0) is 32.2 Å². The van der Waals surface area contributed by atoms with Crippen molar-refractivity contribution in [1.29, 1.82) is 0 Å². The van der Waals surface area contributed by atoms with Gasteiger partial charge in [-0.25, -0.2) is 8.78 Å². The smallest absolute Gasteiger partial charge is 0.231 e. The molecule has 2 N–H and O–H groups in total. The van der Waals surface area contributed by atoms with Crippen molar-refractivity contribution in [2.45, 2.75) is 13.0 Å². The molecule has 0 fully saturated rings. The fourth-order valence-electron chi connectivity index (χ4n) is 1.45. The van der Waals surface area contributed by atoms with Crippen LogP contribution in [0.4, 0.5) is 8.78 Å². The van der Waals surface area contributed by atoms with Gasteiger partial charge in [-0.2, -0.15) is 0 Å². The molecule has 1 aromatic rings. The van der Waals surface area contributed by atoms with E-state index in [1.807, 2.05) is 0 Å². The van der Waals surface area contributed by atoms with E-state index >= 15 is 0 Å². The average molecular weight is 228 g/mol. The zero-order valence-corrected chi connectivity index (χ0v) is 9.21. The van der Waals surface area contributed by atoms with E-state index in [0.29, 0.717) is 0 Å². The van der Waals surface area contributed by atoms with E-state index in [1.165, 1.54) is 0 Å². The van der Waals surface area contributed by atoms with Crippen molar-refractivity contribution in [3.63, 3.8) is 0 Å². The number of rotatable bonds is 4. The number of hydrogen-bond acceptors (Lipinski definition) is 2. The lowest BCUT2D eigenvalue weighted by Gasteiger charge is -2.23. The highest BCUT2D eigenvalue weighted by Crippen LogP contribution is 2.22. The summed E-state index contributed by atoms with van der Waals surface area (Å²) in [6.07, 6.45) is 0. The zero-order valence-electron chi connectivity index (χ0n) is 9.21. The number of nitrogens with two attached hydrogens (primary N) is 1. The molecule has 16 heavy (non-hydrogen) atoms. The molecule has 5 heteroatoms. The van der Waals surface area contributed by atoms with Gasteiger partial charge in [-0.1, -0.05) is 0 Å². The Morgan fingerprint density at radius 3 is 2.69 bits per heavy atom. The van der Waals surface area contributed by atoms with Crippen LogP contribution >= 0.6 is 0 Å². The first-order valence-corrected chi connectivity index (χ1v) is 4.85. The molecule has 1 amide bonds. The lowest BCUT2D eigenvalue weighted by Crippen LogP contribution is -2.33. The van der Waals surface area contributed by atoms with Crippen LogP contribution in [0.5, 0.6) is 0 Å². The Morgan fingerprint density at radius 1 is 1.50 bits per heavy atom. The average Bonchev–Trinajstić information content (AvgIpc) is 2.19. The van der Waals surface area contributed by atoms with Crippen molar-refractivity contribution in [3.8, 4) is 0 Å². The quantitative estimate of drug-likeness (QED) is 0.847.